The summed E-state index contributed by atoms with van der Waals surface area (Å²) in [5.74, 6) is -1.02. The number of hydrogen-bond donors (Lipinski definition) is 1. The number of nitrogens with zero attached hydrogens (tertiary/aromatic N) is 1. The van der Waals surface area contributed by atoms with E-state index in [0.717, 1.165) is 11.1 Å². The highest BCUT2D eigenvalue weighted by molar-refractivity contribution is 5.76. The van der Waals surface area contributed by atoms with Crippen LogP contribution in [0.1, 0.15) is 36.8 Å². The minimum absolute atomic E-state index is 0.0466. The van der Waals surface area contributed by atoms with Crippen molar-refractivity contribution >= 4 is 11.9 Å². The molecule has 1 heterocycles. The highest BCUT2D eigenvalue weighted by Crippen LogP contribution is 2.20. The summed E-state index contributed by atoms with van der Waals surface area (Å²) in [5.41, 5.74) is 1.97. The molecular weight excluding hydrogens is 261 g/mol. The number of rotatable bonds is 5. The normalized spacial score (nSPS) is 13.9. The first-order valence-corrected chi connectivity index (χ1v) is 6.83. The van der Waals surface area contributed by atoms with E-state index in [1.165, 1.54) is 12.1 Å². The number of carboxylic acid groups (broad SMARTS) is 1. The van der Waals surface area contributed by atoms with Gasteiger partial charge in [0.2, 0.25) is 5.91 Å². The van der Waals surface area contributed by atoms with Crippen molar-refractivity contribution in [1.82, 2.24) is 4.90 Å². The van der Waals surface area contributed by atoms with E-state index in [1.807, 2.05) is 0 Å². The van der Waals surface area contributed by atoms with E-state index >= 15 is 0 Å². The number of halogens is 1. The topological polar surface area (TPSA) is 57.6 Å². The van der Waals surface area contributed by atoms with Gasteiger partial charge in [0.15, 0.2) is 0 Å². The Labute approximate surface area is 117 Å². The molecule has 0 atom stereocenters. The molecule has 0 saturated carbocycles. The molecule has 4 nitrogen and oxygen atoms in total. The number of unbranched alkanes of at least 4 members (excludes halogenated alkanes) is 1. The number of hydrogen-bond acceptors (Lipinski definition) is 2. The van der Waals surface area contributed by atoms with E-state index in [4.69, 9.17) is 5.11 Å². The molecule has 1 amide bonds. The van der Waals surface area contributed by atoms with Crippen LogP contribution in [-0.2, 0) is 22.6 Å². The second-order valence-corrected chi connectivity index (χ2v) is 5.08. The van der Waals surface area contributed by atoms with Gasteiger partial charge in [0, 0.05) is 25.9 Å². The maximum Gasteiger partial charge on any atom is 0.303 e. The number of benzene rings is 1. The highest BCUT2D eigenvalue weighted by Gasteiger charge is 2.20. The molecule has 0 aliphatic carbocycles. The van der Waals surface area contributed by atoms with Gasteiger partial charge in [-0.05, 0) is 42.5 Å². The van der Waals surface area contributed by atoms with Crippen LogP contribution in [0.3, 0.4) is 0 Å². The molecule has 1 N–H and O–H groups in total. The molecule has 0 fully saturated rings. The first kappa shape index (κ1) is 14.5. The molecular formula is C15H18FNO3. The van der Waals surface area contributed by atoms with Crippen molar-refractivity contribution in [3.05, 3.63) is 35.1 Å². The zero-order chi connectivity index (χ0) is 14.5. The standard InChI is InChI=1S/C15H18FNO3/c16-13-6-5-12-10-17(8-7-11(12)9-13)14(18)3-1-2-4-15(19)20/h5-6,9H,1-4,7-8,10H2,(H,19,20). The van der Waals surface area contributed by atoms with Crippen molar-refractivity contribution in [3.63, 3.8) is 0 Å². The van der Waals surface area contributed by atoms with E-state index in [2.05, 4.69) is 0 Å². The van der Waals surface area contributed by atoms with E-state index < -0.39 is 5.97 Å². The first-order chi connectivity index (χ1) is 9.56. The maximum absolute atomic E-state index is 13.1. The van der Waals surface area contributed by atoms with Crippen molar-refractivity contribution in [1.29, 1.82) is 0 Å². The smallest absolute Gasteiger partial charge is 0.303 e. The molecule has 0 saturated heterocycles. The van der Waals surface area contributed by atoms with Gasteiger partial charge in [0.05, 0.1) is 0 Å². The molecule has 0 radical (unpaired) electrons. The summed E-state index contributed by atoms with van der Waals surface area (Å²) in [6, 6.07) is 4.68. The Balaban J connectivity index is 1.84. The van der Waals surface area contributed by atoms with E-state index in [9.17, 15) is 14.0 Å². The van der Waals surface area contributed by atoms with Gasteiger partial charge in [0.25, 0.3) is 0 Å². The highest BCUT2D eigenvalue weighted by atomic mass is 19.1. The molecule has 5 heteroatoms. The SMILES string of the molecule is O=C(O)CCCCC(=O)N1CCc2cc(F)ccc2C1. The van der Waals surface area contributed by atoms with Crippen molar-refractivity contribution in [2.24, 2.45) is 0 Å². The fourth-order valence-electron chi connectivity index (χ4n) is 2.45. The van der Waals surface area contributed by atoms with Crippen molar-refractivity contribution in [2.75, 3.05) is 6.54 Å². The predicted molar refractivity (Wildman–Crippen MR) is 71.6 cm³/mol. The lowest BCUT2D eigenvalue weighted by Crippen LogP contribution is -2.35. The third-order valence-corrected chi connectivity index (χ3v) is 3.56. The van der Waals surface area contributed by atoms with Crippen LogP contribution in [0.2, 0.25) is 0 Å². The Morgan fingerprint density at radius 1 is 1.20 bits per heavy atom. The monoisotopic (exact) mass is 279 g/mol. The van der Waals surface area contributed by atoms with Crippen LogP contribution in [0, 0.1) is 5.82 Å². The van der Waals surface area contributed by atoms with Crippen LogP contribution in [-0.4, -0.2) is 28.4 Å². The third kappa shape index (κ3) is 3.79. The van der Waals surface area contributed by atoms with E-state index in [-0.39, 0.29) is 18.1 Å². The molecule has 0 aromatic heterocycles. The van der Waals surface area contributed by atoms with Crippen LogP contribution in [0.4, 0.5) is 4.39 Å². The van der Waals surface area contributed by atoms with Crippen LogP contribution < -0.4 is 0 Å². The average Bonchev–Trinajstić information content (AvgIpc) is 2.42. The Morgan fingerprint density at radius 3 is 2.70 bits per heavy atom. The van der Waals surface area contributed by atoms with Gasteiger partial charge < -0.3 is 10.0 Å². The van der Waals surface area contributed by atoms with Crippen LogP contribution in [0.25, 0.3) is 0 Å². The predicted octanol–water partition coefficient (Wildman–Crippen LogP) is 2.36. The maximum atomic E-state index is 13.1. The fourth-order valence-corrected chi connectivity index (χ4v) is 2.45. The van der Waals surface area contributed by atoms with Crippen molar-refractivity contribution in [3.8, 4) is 0 Å². The van der Waals surface area contributed by atoms with Gasteiger partial charge >= 0.3 is 5.97 Å². The largest absolute Gasteiger partial charge is 0.481 e. The Morgan fingerprint density at radius 2 is 1.95 bits per heavy atom. The molecule has 20 heavy (non-hydrogen) atoms. The number of fused-ring (bicyclic) bond motifs is 1. The van der Waals surface area contributed by atoms with Gasteiger partial charge in [-0.3, -0.25) is 9.59 Å². The lowest BCUT2D eigenvalue weighted by Gasteiger charge is -2.29. The summed E-state index contributed by atoms with van der Waals surface area (Å²) in [6.07, 6.45) is 2.28. The summed E-state index contributed by atoms with van der Waals surface area (Å²) in [6.45, 7) is 1.13. The Bertz CT molecular complexity index is 516. The molecule has 1 aromatic rings. The minimum Gasteiger partial charge on any atom is -0.481 e. The van der Waals surface area contributed by atoms with Crippen molar-refractivity contribution in [2.45, 2.75) is 38.6 Å². The quantitative estimate of drug-likeness (QED) is 0.842. The molecule has 108 valence electrons. The van der Waals surface area contributed by atoms with Crippen LogP contribution in [0.15, 0.2) is 18.2 Å². The molecule has 0 bridgehead atoms. The fraction of sp³-hybridized carbons (Fsp3) is 0.467. The number of carbonyl (C=O) groups is 2. The Hall–Kier alpha value is -1.91. The van der Waals surface area contributed by atoms with Gasteiger partial charge in [-0.2, -0.15) is 0 Å². The number of carboxylic acids is 1. The van der Waals surface area contributed by atoms with Crippen LogP contribution >= 0.6 is 0 Å². The number of amides is 1. The first-order valence-electron chi connectivity index (χ1n) is 6.83. The lowest BCUT2D eigenvalue weighted by molar-refractivity contribution is -0.137. The van der Waals surface area contributed by atoms with Gasteiger partial charge in [-0.1, -0.05) is 6.07 Å². The summed E-state index contributed by atoms with van der Waals surface area (Å²) in [4.78, 5) is 24.2. The summed E-state index contributed by atoms with van der Waals surface area (Å²) in [7, 11) is 0. The minimum atomic E-state index is -0.827. The zero-order valence-electron chi connectivity index (χ0n) is 11.3. The van der Waals surface area contributed by atoms with Gasteiger partial charge in [0.1, 0.15) is 5.82 Å². The summed E-state index contributed by atoms with van der Waals surface area (Å²) in [5, 5.41) is 8.53. The third-order valence-electron chi connectivity index (χ3n) is 3.56. The molecule has 0 unspecified atom stereocenters. The second kappa shape index (κ2) is 6.50. The second-order valence-electron chi connectivity index (χ2n) is 5.08. The number of aliphatic carboxylic acids is 1. The molecule has 1 aliphatic heterocycles. The molecule has 1 aliphatic rings. The van der Waals surface area contributed by atoms with Gasteiger partial charge in [-0.25, -0.2) is 4.39 Å². The molecule has 0 spiro atoms. The summed E-state index contributed by atoms with van der Waals surface area (Å²) < 4.78 is 13.1. The van der Waals surface area contributed by atoms with Crippen LogP contribution in [0.5, 0.6) is 0 Å². The van der Waals surface area contributed by atoms with Crippen molar-refractivity contribution < 1.29 is 19.1 Å². The average molecular weight is 279 g/mol. The summed E-state index contributed by atoms with van der Waals surface area (Å²) >= 11 is 0. The Kier molecular flexibility index (Phi) is 4.71. The lowest BCUT2D eigenvalue weighted by atomic mass is 9.99. The molecule has 2 rings (SSSR count). The van der Waals surface area contributed by atoms with Gasteiger partial charge in [-0.15, -0.1) is 0 Å². The number of carbonyl (C=O) groups excluding carboxylic acids is 1. The van der Waals surface area contributed by atoms with E-state index in [0.29, 0.717) is 38.8 Å². The zero-order valence-corrected chi connectivity index (χ0v) is 11.3. The molecule has 1 aromatic carbocycles. The van der Waals surface area contributed by atoms with E-state index in [1.54, 1.807) is 11.0 Å².